The van der Waals surface area contributed by atoms with Crippen molar-refractivity contribution < 1.29 is 0 Å². The molecule has 2 rings (SSSR count). The van der Waals surface area contributed by atoms with Gasteiger partial charge in [0.05, 0.1) is 5.69 Å². The standard InChI is InChI=1S/C10H13N3/c1-3-7-4-5-8-6-13(2)12-10(8)9(7)11/h4-6H,3,11H2,1-2H3. The molecule has 0 atom stereocenters. The van der Waals surface area contributed by atoms with Crippen LogP contribution >= 0.6 is 0 Å². The maximum atomic E-state index is 5.97. The number of benzene rings is 1. The number of aromatic nitrogens is 2. The molecular weight excluding hydrogens is 162 g/mol. The summed E-state index contributed by atoms with van der Waals surface area (Å²) in [6.45, 7) is 2.10. The average molecular weight is 175 g/mol. The van der Waals surface area contributed by atoms with E-state index in [1.165, 1.54) is 5.56 Å². The highest BCUT2D eigenvalue weighted by atomic mass is 15.2. The quantitative estimate of drug-likeness (QED) is 0.670. The van der Waals surface area contributed by atoms with E-state index in [-0.39, 0.29) is 0 Å². The van der Waals surface area contributed by atoms with Gasteiger partial charge in [-0.2, -0.15) is 5.10 Å². The summed E-state index contributed by atoms with van der Waals surface area (Å²) >= 11 is 0. The van der Waals surface area contributed by atoms with Crippen LogP contribution in [0.5, 0.6) is 0 Å². The molecule has 0 aliphatic heterocycles. The third kappa shape index (κ3) is 1.16. The molecule has 68 valence electrons. The van der Waals surface area contributed by atoms with Crippen LogP contribution in [-0.4, -0.2) is 9.78 Å². The zero-order valence-corrected chi connectivity index (χ0v) is 7.91. The van der Waals surface area contributed by atoms with E-state index in [1.54, 1.807) is 4.68 Å². The Labute approximate surface area is 77.2 Å². The number of nitrogen functional groups attached to an aromatic ring is 1. The molecule has 0 spiro atoms. The molecule has 1 heterocycles. The van der Waals surface area contributed by atoms with Crippen LogP contribution in [0.3, 0.4) is 0 Å². The van der Waals surface area contributed by atoms with Crippen LogP contribution in [0.1, 0.15) is 12.5 Å². The van der Waals surface area contributed by atoms with Gasteiger partial charge in [0.25, 0.3) is 0 Å². The van der Waals surface area contributed by atoms with E-state index in [4.69, 9.17) is 5.73 Å². The monoisotopic (exact) mass is 175 g/mol. The minimum absolute atomic E-state index is 0.820. The first-order valence-corrected chi connectivity index (χ1v) is 4.43. The maximum Gasteiger partial charge on any atom is 0.115 e. The predicted octanol–water partition coefficient (Wildman–Crippen LogP) is 1.72. The van der Waals surface area contributed by atoms with Crippen LogP contribution in [0, 0.1) is 0 Å². The minimum atomic E-state index is 0.820. The summed E-state index contributed by atoms with van der Waals surface area (Å²) in [5.74, 6) is 0. The lowest BCUT2D eigenvalue weighted by atomic mass is 10.1. The average Bonchev–Trinajstić information content (AvgIpc) is 2.47. The lowest BCUT2D eigenvalue weighted by Gasteiger charge is -2.01. The summed E-state index contributed by atoms with van der Waals surface area (Å²) in [5, 5.41) is 5.42. The Morgan fingerprint density at radius 3 is 2.92 bits per heavy atom. The number of fused-ring (bicyclic) bond motifs is 1. The van der Waals surface area contributed by atoms with E-state index in [2.05, 4.69) is 24.2 Å². The fraction of sp³-hybridized carbons (Fsp3) is 0.300. The van der Waals surface area contributed by atoms with E-state index in [0.717, 1.165) is 23.0 Å². The van der Waals surface area contributed by atoms with E-state index >= 15 is 0 Å². The van der Waals surface area contributed by atoms with Gasteiger partial charge < -0.3 is 5.73 Å². The number of nitrogens with zero attached hydrogens (tertiary/aromatic N) is 2. The van der Waals surface area contributed by atoms with Gasteiger partial charge in [-0.05, 0) is 12.0 Å². The van der Waals surface area contributed by atoms with Crippen LogP contribution in [-0.2, 0) is 13.5 Å². The lowest BCUT2D eigenvalue weighted by molar-refractivity contribution is 0.780. The molecule has 1 aromatic heterocycles. The topological polar surface area (TPSA) is 43.8 Å². The number of hydrogen-bond acceptors (Lipinski definition) is 2. The number of aryl methyl sites for hydroxylation is 2. The molecule has 0 aliphatic rings. The number of rotatable bonds is 1. The molecule has 3 heteroatoms. The van der Waals surface area contributed by atoms with Crippen molar-refractivity contribution >= 4 is 16.6 Å². The van der Waals surface area contributed by atoms with Gasteiger partial charge in [0.15, 0.2) is 0 Å². The minimum Gasteiger partial charge on any atom is -0.397 e. The Balaban J connectivity index is 2.78. The van der Waals surface area contributed by atoms with Crippen LogP contribution < -0.4 is 5.73 Å². The van der Waals surface area contributed by atoms with Crippen molar-refractivity contribution in [3.05, 3.63) is 23.9 Å². The molecule has 2 N–H and O–H groups in total. The molecule has 1 aromatic carbocycles. The van der Waals surface area contributed by atoms with E-state index in [1.807, 2.05) is 13.2 Å². The molecule has 3 nitrogen and oxygen atoms in total. The summed E-state index contributed by atoms with van der Waals surface area (Å²) < 4.78 is 1.79. The molecule has 0 saturated carbocycles. The molecule has 2 aromatic rings. The van der Waals surface area contributed by atoms with Crippen molar-refractivity contribution in [2.75, 3.05) is 5.73 Å². The van der Waals surface area contributed by atoms with Crippen molar-refractivity contribution in [1.82, 2.24) is 9.78 Å². The van der Waals surface area contributed by atoms with Crippen LogP contribution in [0.2, 0.25) is 0 Å². The van der Waals surface area contributed by atoms with Crippen molar-refractivity contribution in [2.24, 2.45) is 7.05 Å². The number of anilines is 1. The smallest absolute Gasteiger partial charge is 0.115 e. The third-order valence-electron chi connectivity index (χ3n) is 2.30. The normalized spacial score (nSPS) is 10.9. The highest BCUT2D eigenvalue weighted by Crippen LogP contribution is 2.23. The van der Waals surface area contributed by atoms with E-state index in [9.17, 15) is 0 Å². The van der Waals surface area contributed by atoms with Gasteiger partial charge in [-0.1, -0.05) is 19.1 Å². The predicted molar refractivity (Wildman–Crippen MR) is 54.5 cm³/mol. The maximum absolute atomic E-state index is 5.97. The number of hydrogen-bond donors (Lipinski definition) is 1. The van der Waals surface area contributed by atoms with Crippen molar-refractivity contribution in [3.8, 4) is 0 Å². The van der Waals surface area contributed by atoms with Gasteiger partial charge in [0.2, 0.25) is 0 Å². The number of nitrogens with two attached hydrogens (primary N) is 1. The second kappa shape index (κ2) is 2.76. The van der Waals surface area contributed by atoms with Crippen LogP contribution in [0.15, 0.2) is 18.3 Å². The lowest BCUT2D eigenvalue weighted by Crippen LogP contribution is -1.94. The van der Waals surface area contributed by atoms with Gasteiger partial charge in [0, 0.05) is 18.6 Å². The molecule has 0 unspecified atom stereocenters. The summed E-state index contributed by atoms with van der Waals surface area (Å²) in [6, 6.07) is 4.14. The van der Waals surface area contributed by atoms with Crippen molar-refractivity contribution in [3.63, 3.8) is 0 Å². The molecule has 0 amide bonds. The Morgan fingerprint density at radius 1 is 1.46 bits per heavy atom. The molecule has 13 heavy (non-hydrogen) atoms. The first-order chi connectivity index (χ1) is 6.22. The zero-order valence-electron chi connectivity index (χ0n) is 7.91. The van der Waals surface area contributed by atoms with Crippen LogP contribution in [0.4, 0.5) is 5.69 Å². The molecule has 0 fully saturated rings. The third-order valence-corrected chi connectivity index (χ3v) is 2.30. The Hall–Kier alpha value is -1.51. The largest absolute Gasteiger partial charge is 0.397 e. The summed E-state index contributed by atoms with van der Waals surface area (Å²) in [4.78, 5) is 0. The second-order valence-corrected chi connectivity index (χ2v) is 3.23. The van der Waals surface area contributed by atoms with Gasteiger partial charge in [-0.25, -0.2) is 0 Å². The fourth-order valence-electron chi connectivity index (χ4n) is 1.58. The summed E-state index contributed by atoms with van der Waals surface area (Å²) in [5.41, 5.74) is 8.88. The van der Waals surface area contributed by atoms with E-state index < -0.39 is 0 Å². The highest BCUT2D eigenvalue weighted by molar-refractivity contribution is 5.90. The fourth-order valence-corrected chi connectivity index (χ4v) is 1.58. The summed E-state index contributed by atoms with van der Waals surface area (Å²) in [7, 11) is 1.91. The second-order valence-electron chi connectivity index (χ2n) is 3.23. The molecule has 0 aliphatic carbocycles. The Kier molecular flexibility index (Phi) is 1.72. The van der Waals surface area contributed by atoms with E-state index in [0.29, 0.717) is 0 Å². The Morgan fingerprint density at radius 2 is 2.23 bits per heavy atom. The van der Waals surface area contributed by atoms with Gasteiger partial charge in [0.1, 0.15) is 5.52 Å². The molecule has 0 bridgehead atoms. The molecule has 0 radical (unpaired) electrons. The first kappa shape index (κ1) is 8.10. The first-order valence-electron chi connectivity index (χ1n) is 4.43. The van der Waals surface area contributed by atoms with Gasteiger partial charge >= 0.3 is 0 Å². The van der Waals surface area contributed by atoms with Gasteiger partial charge in [-0.15, -0.1) is 0 Å². The SMILES string of the molecule is CCc1ccc2cn(C)nc2c1N. The zero-order chi connectivity index (χ0) is 9.42. The summed E-state index contributed by atoms with van der Waals surface area (Å²) in [6.07, 6.45) is 2.93. The van der Waals surface area contributed by atoms with Crippen molar-refractivity contribution in [1.29, 1.82) is 0 Å². The van der Waals surface area contributed by atoms with Crippen molar-refractivity contribution in [2.45, 2.75) is 13.3 Å². The highest BCUT2D eigenvalue weighted by Gasteiger charge is 2.05. The molecule has 0 saturated heterocycles. The van der Waals surface area contributed by atoms with Crippen LogP contribution in [0.25, 0.3) is 10.9 Å². The van der Waals surface area contributed by atoms with Gasteiger partial charge in [-0.3, -0.25) is 4.68 Å². The Bertz CT molecular complexity index is 443. The molecular formula is C10H13N3.